The number of ether oxygens (including phenoxy) is 1. The van der Waals surface area contributed by atoms with Crippen LogP contribution >= 0.6 is 15.9 Å². The minimum absolute atomic E-state index is 0.0612. The normalized spacial score (nSPS) is 24.3. The van der Waals surface area contributed by atoms with Gasteiger partial charge in [-0.05, 0) is 19.3 Å². The van der Waals surface area contributed by atoms with E-state index in [9.17, 15) is 4.79 Å². The first kappa shape index (κ1) is 11.0. The molecule has 0 saturated carbocycles. The third kappa shape index (κ3) is 3.65. The van der Waals surface area contributed by atoms with Crippen molar-refractivity contribution in [1.29, 1.82) is 0 Å². The van der Waals surface area contributed by atoms with Crippen LogP contribution < -0.4 is 5.32 Å². The first-order valence-electron chi connectivity index (χ1n) is 4.77. The summed E-state index contributed by atoms with van der Waals surface area (Å²) in [7, 11) is 0. The van der Waals surface area contributed by atoms with Crippen molar-refractivity contribution in [2.45, 2.75) is 37.1 Å². The standard InChI is InChI=1S/C9H16BrNO2/c1-2-8(10)9(12)11-6-7-4-3-5-13-7/h7-8H,2-6H2,1H3,(H,11,12). The molecule has 4 heteroatoms. The van der Waals surface area contributed by atoms with Gasteiger partial charge in [-0.1, -0.05) is 22.9 Å². The van der Waals surface area contributed by atoms with E-state index in [1.165, 1.54) is 0 Å². The lowest BCUT2D eigenvalue weighted by Gasteiger charge is -2.12. The second-order valence-corrected chi connectivity index (χ2v) is 4.36. The van der Waals surface area contributed by atoms with Gasteiger partial charge in [-0.2, -0.15) is 0 Å². The molecule has 0 aliphatic carbocycles. The number of carbonyl (C=O) groups is 1. The van der Waals surface area contributed by atoms with Crippen molar-refractivity contribution in [2.24, 2.45) is 0 Å². The van der Waals surface area contributed by atoms with Crippen LogP contribution in [0.15, 0.2) is 0 Å². The monoisotopic (exact) mass is 249 g/mol. The van der Waals surface area contributed by atoms with Crippen LogP contribution in [-0.2, 0) is 9.53 Å². The van der Waals surface area contributed by atoms with E-state index in [1.807, 2.05) is 6.92 Å². The summed E-state index contributed by atoms with van der Waals surface area (Å²) >= 11 is 3.30. The highest BCUT2D eigenvalue weighted by Crippen LogP contribution is 2.11. The van der Waals surface area contributed by atoms with Crippen molar-refractivity contribution in [3.05, 3.63) is 0 Å². The number of alkyl halides is 1. The van der Waals surface area contributed by atoms with E-state index in [0.29, 0.717) is 6.54 Å². The highest BCUT2D eigenvalue weighted by Gasteiger charge is 2.18. The molecular formula is C9H16BrNO2. The van der Waals surface area contributed by atoms with Gasteiger partial charge in [0.05, 0.1) is 10.9 Å². The maximum Gasteiger partial charge on any atom is 0.233 e. The predicted octanol–water partition coefficient (Wildman–Crippen LogP) is 1.46. The number of halogens is 1. The van der Waals surface area contributed by atoms with Crippen LogP contribution in [0.25, 0.3) is 0 Å². The molecule has 0 aromatic carbocycles. The fraction of sp³-hybridized carbons (Fsp3) is 0.889. The molecule has 1 heterocycles. The average Bonchev–Trinajstić information content (AvgIpc) is 2.65. The maximum absolute atomic E-state index is 11.3. The van der Waals surface area contributed by atoms with Gasteiger partial charge in [0.15, 0.2) is 0 Å². The Morgan fingerprint density at radius 2 is 2.54 bits per heavy atom. The van der Waals surface area contributed by atoms with Crippen LogP contribution in [-0.4, -0.2) is 30.0 Å². The van der Waals surface area contributed by atoms with Gasteiger partial charge >= 0.3 is 0 Å². The van der Waals surface area contributed by atoms with Crippen LogP contribution in [0, 0.1) is 0 Å². The lowest BCUT2D eigenvalue weighted by atomic mass is 10.2. The third-order valence-electron chi connectivity index (χ3n) is 2.17. The Bertz CT molecular complexity index is 169. The number of hydrogen-bond acceptors (Lipinski definition) is 2. The molecule has 1 saturated heterocycles. The van der Waals surface area contributed by atoms with Gasteiger partial charge in [-0.15, -0.1) is 0 Å². The molecule has 1 aliphatic heterocycles. The van der Waals surface area contributed by atoms with Crippen molar-refractivity contribution in [3.63, 3.8) is 0 Å². The fourth-order valence-electron chi connectivity index (χ4n) is 1.32. The zero-order chi connectivity index (χ0) is 9.68. The van der Waals surface area contributed by atoms with E-state index >= 15 is 0 Å². The summed E-state index contributed by atoms with van der Waals surface area (Å²) in [6, 6.07) is 0. The van der Waals surface area contributed by atoms with Gasteiger partial charge in [0, 0.05) is 13.2 Å². The van der Waals surface area contributed by atoms with Crippen LogP contribution in [0.1, 0.15) is 26.2 Å². The smallest absolute Gasteiger partial charge is 0.233 e. The minimum Gasteiger partial charge on any atom is -0.376 e. The van der Waals surface area contributed by atoms with E-state index in [0.717, 1.165) is 25.9 Å². The highest BCUT2D eigenvalue weighted by molar-refractivity contribution is 9.10. The lowest BCUT2D eigenvalue weighted by Crippen LogP contribution is -2.36. The molecule has 76 valence electrons. The molecule has 0 spiro atoms. The van der Waals surface area contributed by atoms with Crippen LogP contribution in [0.3, 0.4) is 0 Å². The summed E-state index contributed by atoms with van der Waals surface area (Å²) in [6.07, 6.45) is 3.24. The van der Waals surface area contributed by atoms with Crippen LogP contribution in [0.2, 0.25) is 0 Å². The first-order chi connectivity index (χ1) is 6.24. The zero-order valence-corrected chi connectivity index (χ0v) is 9.47. The average molecular weight is 250 g/mol. The van der Waals surface area contributed by atoms with E-state index in [4.69, 9.17) is 4.74 Å². The third-order valence-corrected chi connectivity index (χ3v) is 3.23. The van der Waals surface area contributed by atoms with Gasteiger partial charge in [0.2, 0.25) is 5.91 Å². The van der Waals surface area contributed by atoms with Crippen LogP contribution in [0.4, 0.5) is 0 Å². The van der Waals surface area contributed by atoms with Gasteiger partial charge in [0.1, 0.15) is 0 Å². The SMILES string of the molecule is CCC(Br)C(=O)NCC1CCCO1. The molecule has 1 amide bonds. The minimum atomic E-state index is -0.0612. The first-order valence-corrected chi connectivity index (χ1v) is 5.69. The van der Waals surface area contributed by atoms with E-state index in [1.54, 1.807) is 0 Å². The van der Waals surface area contributed by atoms with Gasteiger partial charge in [-0.25, -0.2) is 0 Å². The highest BCUT2D eigenvalue weighted by atomic mass is 79.9. The largest absolute Gasteiger partial charge is 0.376 e. The van der Waals surface area contributed by atoms with E-state index < -0.39 is 0 Å². The molecule has 0 radical (unpaired) electrons. The molecule has 1 N–H and O–H groups in total. The Morgan fingerprint density at radius 1 is 1.77 bits per heavy atom. The van der Waals surface area contributed by atoms with Gasteiger partial charge in [-0.3, -0.25) is 4.79 Å². The van der Waals surface area contributed by atoms with Crippen molar-refractivity contribution < 1.29 is 9.53 Å². The van der Waals surface area contributed by atoms with Crippen molar-refractivity contribution in [3.8, 4) is 0 Å². The molecule has 0 aromatic rings. The Labute approximate surface area is 87.3 Å². The summed E-state index contributed by atoms with van der Waals surface area (Å²) < 4.78 is 5.39. The predicted molar refractivity (Wildman–Crippen MR) is 55.0 cm³/mol. The molecule has 0 bridgehead atoms. The summed E-state index contributed by atoms with van der Waals surface area (Å²) in [5.41, 5.74) is 0. The number of amides is 1. The number of hydrogen-bond donors (Lipinski definition) is 1. The van der Waals surface area contributed by atoms with Gasteiger partial charge < -0.3 is 10.1 Å². The molecule has 2 unspecified atom stereocenters. The Hall–Kier alpha value is -0.0900. The molecular weight excluding hydrogens is 234 g/mol. The Morgan fingerprint density at radius 3 is 3.08 bits per heavy atom. The summed E-state index contributed by atoms with van der Waals surface area (Å²) in [5.74, 6) is 0.0676. The molecule has 13 heavy (non-hydrogen) atoms. The number of carbonyl (C=O) groups excluding carboxylic acids is 1. The fourth-order valence-corrected chi connectivity index (χ4v) is 1.48. The molecule has 2 atom stereocenters. The maximum atomic E-state index is 11.3. The van der Waals surface area contributed by atoms with Crippen molar-refractivity contribution in [1.82, 2.24) is 5.32 Å². The summed E-state index contributed by atoms with van der Waals surface area (Å²) in [6.45, 7) is 3.47. The van der Waals surface area contributed by atoms with Gasteiger partial charge in [0.25, 0.3) is 0 Å². The molecule has 1 aliphatic rings. The van der Waals surface area contributed by atoms with E-state index in [-0.39, 0.29) is 16.8 Å². The van der Waals surface area contributed by atoms with Crippen molar-refractivity contribution in [2.75, 3.05) is 13.2 Å². The second-order valence-electron chi connectivity index (χ2n) is 3.26. The topological polar surface area (TPSA) is 38.3 Å². The molecule has 3 nitrogen and oxygen atoms in total. The second kappa shape index (κ2) is 5.60. The molecule has 0 aromatic heterocycles. The number of nitrogens with one attached hydrogen (secondary N) is 1. The Kier molecular flexibility index (Phi) is 4.73. The number of rotatable bonds is 4. The Balaban J connectivity index is 2.13. The zero-order valence-electron chi connectivity index (χ0n) is 7.88. The van der Waals surface area contributed by atoms with Crippen molar-refractivity contribution >= 4 is 21.8 Å². The summed E-state index contributed by atoms with van der Waals surface area (Å²) in [5, 5.41) is 2.86. The molecule has 1 fully saturated rings. The summed E-state index contributed by atoms with van der Waals surface area (Å²) in [4.78, 5) is 11.3. The lowest BCUT2D eigenvalue weighted by molar-refractivity contribution is -0.121. The van der Waals surface area contributed by atoms with Crippen LogP contribution in [0.5, 0.6) is 0 Å². The molecule has 1 rings (SSSR count). The van der Waals surface area contributed by atoms with E-state index in [2.05, 4.69) is 21.2 Å². The quantitative estimate of drug-likeness (QED) is 0.767.